The summed E-state index contributed by atoms with van der Waals surface area (Å²) in [7, 11) is 0. The van der Waals surface area contributed by atoms with Gasteiger partial charge in [-0.1, -0.05) is 23.9 Å². The summed E-state index contributed by atoms with van der Waals surface area (Å²) in [6.45, 7) is 5.62. The SMILES string of the molecule is Cc1cc(C(=O)CSc2nc3ccccc3c(=O)[nH]2)c(C)n1C[C@@H]1CCCO1. The minimum atomic E-state index is -0.185. The van der Waals surface area contributed by atoms with Crippen LogP contribution in [0.3, 0.4) is 0 Å². The fourth-order valence-electron chi connectivity index (χ4n) is 3.70. The van der Waals surface area contributed by atoms with Gasteiger partial charge in [-0.3, -0.25) is 9.59 Å². The number of ether oxygens (including phenoxy) is 1. The third kappa shape index (κ3) is 3.77. The van der Waals surface area contributed by atoms with E-state index in [0.29, 0.717) is 16.1 Å². The Bertz CT molecular complexity index is 1080. The monoisotopic (exact) mass is 397 g/mol. The maximum Gasteiger partial charge on any atom is 0.259 e. The normalized spacial score (nSPS) is 16.7. The molecule has 0 saturated carbocycles. The molecule has 1 saturated heterocycles. The minimum absolute atomic E-state index is 0.0347. The Hall–Kier alpha value is -2.38. The predicted octanol–water partition coefficient (Wildman–Crippen LogP) is 3.50. The number of carbonyl (C=O) groups is 1. The number of hydrogen-bond acceptors (Lipinski definition) is 5. The van der Waals surface area contributed by atoms with Crippen LogP contribution in [0, 0.1) is 13.8 Å². The van der Waals surface area contributed by atoms with E-state index in [9.17, 15) is 9.59 Å². The Morgan fingerprint density at radius 3 is 2.96 bits per heavy atom. The predicted molar refractivity (Wildman–Crippen MR) is 110 cm³/mol. The topological polar surface area (TPSA) is 77.0 Å². The molecule has 1 aliphatic rings. The molecule has 1 aliphatic heterocycles. The van der Waals surface area contributed by atoms with Crippen molar-refractivity contribution in [2.24, 2.45) is 0 Å². The van der Waals surface area contributed by atoms with Crippen LogP contribution in [0.1, 0.15) is 34.6 Å². The summed E-state index contributed by atoms with van der Waals surface area (Å²) in [5, 5.41) is 1.01. The van der Waals surface area contributed by atoms with Crippen LogP contribution in [-0.2, 0) is 11.3 Å². The molecule has 1 atom stereocenters. The summed E-state index contributed by atoms with van der Waals surface area (Å²) < 4.78 is 7.91. The van der Waals surface area contributed by atoms with Gasteiger partial charge in [0, 0.05) is 30.1 Å². The number of hydrogen-bond donors (Lipinski definition) is 1. The van der Waals surface area contributed by atoms with Crippen LogP contribution in [0.4, 0.5) is 0 Å². The van der Waals surface area contributed by atoms with Gasteiger partial charge in [-0.15, -0.1) is 0 Å². The van der Waals surface area contributed by atoms with Crippen LogP contribution >= 0.6 is 11.8 Å². The molecular weight excluding hydrogens is 374 g/mol. The molecule has 2 aromatic heterocycles. The maximum absolute atomic E-state index is 12.8. The van der Waals surface area contributed by atoms with Crippen LogP contribution in [0.25, 0.3) is 10.9 Å². The molecule has 146 valence electrons. The van der Waals surface area contributed by atoms with E-state index >= 15 is 0 Å². The van der Waals surface area contributed by atoms with Crippen LogP contribution < -0.4 is 5.56 Å². The lowest BCUT2D eigenvalue weighted by molar-refractivity contribution is 0.0957. The molecule has 6 nitrogen and oxygen atoms in total. The van der Waals surface area contributed by atoms with Crippen LogP contribution in [-0.4, -0.2) is 38.8 Å². The fraction of sp³-hybridized carbons (Fsp3) is 0.381. The Morgan fingerprint density at radius 1 is 1.36 bits per heavy atom. The van der Waals surface area contributed by atoms with Gasteiger partial charge in [0.25, 0.3) is 5.56 Å². The zero-order valence-electron chi connectivity index (χ0n) is 16.0. The molecule has 1 fully saturated rings. The zero-order chi connectivity index (χ0) is 19.7. The Labute approximate surface area is 167 Å². The highest BCUT2D eigenvalue weighted by Crippen LogP contribution is 2.23. The number of aromatic nitrogens is 3. The number of carbonyl (C=O) groups excluding carboxylic acids is 1. The number of H-pyrrole nitrogens is 1. The van der Waals surface area contributed by atoms with E-state index in [1.807, 2.05) is 32.0 Å². The molecule has 0 unspecified atom stereocenters. The summed E-state index contributed by atoms with van der Waals surface area (Å²) in [5.74, 6) is 0.262. The first-order chi connectivity index (χ1) is 13.5. The molecule has 4 rings (SSSR count). The van der Waals surface area contributed by atoms with Crippen molar-refractivity contribution in [3.8, 4) is 0 Å². The molecule has 3 heterocycles. The van der Waals surface area contributed by atoms with E-state index in [4.69, 9.17) is 4.74 Å². The molecule has 3 aromatic rings. The van der Waals surface area contributed by atoms with Crippen molar-refractivity contribution in [2.75, 3.05) is 12.4 Å². The van der Waals surface area contributed by atoms with Crippen molar-refractivity contribution in [1.82, 2.24) is 14.5 Å². The Kier molecular flexibility index (Phi) is 5.37. The molecule has 0 amide bonds. The van der Waals surface area contributed by atoms with Crippen LogP contribution in [0.15, 0.2) is 40.3 Å². The summed E-state index contributed by atoms with van der Waals surface area (Å²) in [6.07, 6.45) is 2.40. The number of benzene rings is 1. The first kappa shape index (κ1) is 19.0. The van der Waals surface area contributed by atoms with Crippen molar-refractivity contribution in [2.45, 2.75) is 44.5 Å². The number of thioether (sulfide) groups is 1. The molecular formula is C21H23N3O3S. The molecule has 28 heavy (non-hydrogen) atoms. The van der Waals surface area contributed by atoms with Gasteiger partial charge in [0.1, 0.15) is 0 Å². The van der Waals surface area contributed by atoms with Crippen LogP contribution in [0.5, 0.6) is 0 Å². The molecule has 7 heteroatoms. The summed E-state index contributed by atoms with van der Waals surface area (Å²) in [5.41, 5.74) is 3.22. The molecule has 0 bridgehead atoms. The number of rotatable bonds is 6. The van der Waals surface area contributed by atoms with E-state index in [0.717, 1.165) is 42.9 Å². The van der Waals surface area contributed by atoms with Crippen LogP contribution in [0.2, 0.25) is 0 Å². The van der Waals surface area contributed by atoms with Crippen molar-refractivity contribution in [3.05, 3.63) is 57.6 Å². The van der Waals surface area contributed by atoms with E-state index in [1.165, 1.54) is 11.8 Å². The van der Waals surface area contributed by atoms with Gasteiger partial charge in [0.15, 0.2) is 10.9 Å². The minimum Gasteiger partial charge on any atom is -0.376 e. The van der Waals surface area contributed by atoms with Crippen molar-refractivity contribution in [1.29, 1.82) is 0 Å². The second kappa shape index (κ2) is 7.93. The molecule has 1 aromatic carbocycles. The van der Waals surface area contributed by atoms with Gasteiger partial charge in [0.2, 0.25) is 0 Å². The van der Waals surface area contributed by atoms with E-state index in [-0.39, 0.29) is 23.2 Å². The smallest absolute Gasteiger partial charge is 0.259 e. The Morgan fingerprint density at radius 2 is 2.18 bits per heavy atom. The first-order valence-corrected chi connectivity index (χ1v) is 10.4. The third-order valence-corrected chi connectivity index (χ3v) is 6.09. The number of ketones is 1. The number of para-hydroxylation sites is 1. The van der Waals surface area contributed by atoms with Gasteiger partial charge in [0.05, 0.1) is 22.8 Å². The first-order valence-electron chi connectivity index (χ1n) is 9.46. The zero-order valence-corrected chi connectivity index (χ0v) is 16.8. The van der Waals surface area contributed by atoms with Crippen molar-refractivity contribution in [3.63, 3.8) is 0 Å². The lowest BCUT2D eigenvalue weighted by Crippen LogP contribution is -2.17. The molecule has 0 aliphatic carbocycles. The highest BCUT2D eigenvalue weighted by molar-refractivity contribution is 7.99. The van der Waals surface area contributed by atoms with E-state index in [2.05, 4.69) is 14.5 Å². The quantitative estimate of drug-likeness (QED) is 0.391. The third-order valence-electron chi connectivity index (χ3n) is 5.22. The van der Waals surface area contributed by atoms with Gasteiger partial charge >= 0.3 is 0 Å². The lowest BCUT2D eigenvalue weighted by Gasteiger charge is -2.14. The second-order valence-electron chi connectivity index (χ2n) is 7.13. The van der Waals surface area contributed by atoms with Gasteiger partial charge < -0.3 is 14.3 Å². The molecule has 0 radical (unpaired) electrons. The van der Waals surface area contributed by atoms with E-state index < -0.39 is 0 Å². The number of fused-ring (bicyclic) bond motifs is 1. The Balaban J connectivity index is 1.49. The lowest BCUT2D eigenvalue weighted by atomic mass is 10.2. The van der Waals surface area contributed by atoms with Gasteiger partial charge in [-0.05, 0) is 44.9 Å². The standard InChI is InChI=1S/C21H23N3O3S/c1-13-10-17(14(2)24(13)11-15-6-5-9-27-15)19(25)12-28-21-22-18-8-4-3-7-16(18)20(26)23-21/h3-4,7-8,10,15H,5-6,9,11-12H2,1-2H3,(H,22,23,26)/t15-/m0/s1. The number of nitrogens with one attached hydrogen (secondary N) is 1. The van der Waals surface area contributed by atoms with Crippen molar-refractivity contribution < 1.29 is 9.53 Å². The molecule has 0 spiro atoms. The second-order valence-corrected chi connectivity index (χ2v) is 8.09. The number of Topliss-reactive ketones (excluding diaryl/α,β-unsaturated/α-hetero) is 1. The molecule has 1 N–H and O–H groups in total. The average molecular weight is 398 g/mol. The maximum atomic E-state index is 12.8. The number of aryl methyl sites for hydroxylation is 1. The van der Waals surface area contributed by atoms with E-state index in [1.54, 1.807) is 12.1 Å². The summed E-state index contributed by atoms with van der Waals surface area (Å²) >= 11 is 1.26. The fourth-order valence-corrected chi connectivity index (χ4v) is 4.45. The van der Waals surface area contributed by atoms with Crippen molar-refractivity contribution >= 4 is 28.4 Å². The summed E-state index contributed by atoms with van der Waals surface area (Å²) in [6, 6.07) is 9.14. The number of aromatic amines is 1. The number of nitrogens with zero attached hydrogens (tertiary/aromatic N) is 2. The average Bonchev–Trinajstić information content (AvgIpc) is 3.30. The van der Waals surface area contributed by atoms with Gasteiger partial charge in [-0.2, -0.15) is 0 Å². The summed E-state index contributed by atoms with van der Waals surface area (Å²) in [4.78, 5) is 32.2. The van der Waals surface area contributed by atoms with Gasteiger partial charge in [-0.25, -0.2) is 4.98 Å². The highest BCUT2D eigenvalue weighted by Gasteiger charge is 2.21. The highest BCUT2D eigenvalue weighted by atomic mass is 32.2. The largest absolute Gasteiger partial charge is 0.376 e.